The third-order valence-corrected chi connectivity index (χ3v) is 3.20. The molecule has 0 unspecified atom stereocenters. The molecule has 3 rings (SSSR count). The molecule has 3 N–H and O–H groups in total. The van der Waals surface area contributed by atoms with Gasteiger partial charge in [-0.05, 0) is 36.2 Å². The number of amides is 1. The van der Waals surface area contributed by atoms with E-state index in [0.717, 1.165) is 16.6 Å². The fraction of sp³-hybridized carbons (Fsp3) is 0.133. The number of aromatic amines is 2. The zero-order valence-corrected chi connectivity index (χ0v) is 12.4. The molecule has 0 atom stereocenters. The van der Waals surface area contributed by atoms with Gasteiger partial charge in [0.25, 0.3) is 5.91 Å². The summed E-state index contributed by atoms with van der Waals surface area (Å²) in [4.78, 5) is 32.4. The van der Waals surface area contributed by atoms with Gasteiger partial charge in [-0.2, -0.15) is 0 Å². The standard InChI is InChI=1S/C15H14N4O2.ClH/c20-14(11-2-1-6-16-9-11)17-7-5-10-3-4-12-13(8-10)19-15(21)18-12;/h1-4,6,8-9H,5,7H2,(H,17,20)(H2,18,19,21);1H. The van der Waals surface area contributed by atoms with Gasteiger partial charge in [0.2, 0.25) is 0 Å². The van der Waals surface area contributed by atoms with E-state index in [-0.39, 0.29) is 24.0 Å². The molecule has 1 amide bonds. The lowest BCUT2D eigenvalue weighted by molar-refractivity contribution is 0.0954. The number of benzene rings is 1. The average Bonchev–Trinajstić information content (AvgIpc) is 2.87. The van der Waals surface area contributed by atoms with E-state index in [2.05, 4.69) is 20.3 Å². The second-order valence-corrected chi connectivity index (χ2v) is 4.71. The Morgan fingerprint density at radius 3 is 2.77 bits per heavy atom. The first-order valence-electron chi connectivity index (χ1n) is 6.61. The fourth-order valence-corrected chi connectivity index (χ4v) is 2.15. The number of carbonyl (C=O) groups excluding carboxylic acids is 1. The highest BCUT2D eigenvalue weighted by Crippen LogP contribution is 2.10. The molecule has 114 valence electrons. The number of H-pyrrole nitrogens is 2. The molecule has 6 nitrogen and oxygen atoms in total. The predicted molar refractivity (Wildman–Crippen MR) is 86.4 cm³/mol. The van der Waals surface area contributed by atoms with Gasteiger partial charge >= 0.3 is 5.69 Å². The summed E-state index contributed by atoms with van der Waals surface area (Å²) >= 11 is 0. The van der Waals surface area contributed by atoms with Crippen molar-refractivity contribution in [3.05, 3.63) is 64.3 Å². The third kappa shape index (κ3) is 3.53. The Labute approximate surface area is 132 Å². The topological polar surface area (TPSA) is 90.6 Å². The van der Waals surface area contributed by atoms with E-state index in [4.69, 9.17) is 0 Å². The summed E-state index contributed by atoms with van der Waals surface area (Å²) in [5.74, 6) is -0.140. The summed E-state index contributed by atoms with van der Waals surface area (Å²) < 4.78 is 0. The van der Waals surface area contributed by atoms with E-state index in [1.807, 2.05) is 18.2 Å². The summed E-state index contributed by atoms with van der Waals surface area (Å²) in [5.41, 5.74) is 2.93. The Bertz CT molecular complexity index is 826. The van der Waals surface area contributed by atoms with Gasteiger partial charge in [-0.1, -0.05) is 6.07 Å². The van der Waals surface area contributed by atoms with Gasteiger partial charge in [0, 0.05) is 18.9 Å². The molecule has 0 saturated heterocycles. The largest absolute Gasteiger partial charge is 0.352 e. The lowest BCUT2D eigenvalue weighted by atomic mass is 10.1. The van der Waals surface area contributed by atoms with Crippen LogP contribution in [0.15, 0.2) is 47.5 Å². The minimum Gasteiger partial charge on any atom is -0.352 e. The molecular weight excluding hydrogens is 304 g/mol. The van der Waals surface area contributed by atoms with Crippen molar-refractivity contribution in [1.82, 2.24) is 20.3 Å². The number of nitrogens with zero attached hydrogens (tertiary/aromatic N) is 1. The van der Waals surface area contributed by atoms with Crippen molar-refractivity contribution in [2.24, 2.45) is 0 Å². The van der Waals surface area contributed by atoms with E-state index in [1.54, 1.807) is 18.3 Å². The van der Waals surface area contributed by atoms with Crippen LogP contribution < -0.4 is 11.0 Å². The third-order valence-electron chi connectivity index (χ3n) is 3.20. The summed E-state index contributed by atoms with van der Waals surface area (Å²) in [6.45, 7) is 0.522. The molecule has 1 aromatic carbocycles. The van der Waals surface area contributed by atoms with Crippen LogP contribution in [0.25, 0.3) is 11.0 Å². The highest BCUT2D eigenvalue weighted by Gasteiger charge is 2.05. The molecule has 0 aliphatic rings. The van der Waals surface area contributed by atoms with Crippen LogP contribution in [0.3, 0.4) is 0 Å². The van der Waals surface area contributed by atoms with Gasteiger partial charge in [-0.3, -0.25) is 9.78 Å². The number of nitrogens with one attached hydrogen (secondary N) is 3. The Morgan fingerprint density at radius 1 is 1.18 bits per heavy atom. The summed E-state index contributed by atoms with van der Waals surface area (Å²) in [7, 11) is 0. The maximum Gasteiger partial charge on any atom is 0.323 e. The lowest BCUT2D eigenvalue weighted by Gasteiger charge is -2.05. The fourth-order valence-electron chi connectivity index (χ4n) is 2.15. The molecule has 0 aliphatic carbocycles. The number of pyridine rings is 1. The Hall–Kier alpha value is -2.60. The molecule has 3 aromatic rings. The van der Waals surface area contributed by atoms with Crippen molar-refractivity contribution >= 4 is 29.3 Å². The van der Waals surface area contributed by atoms with Crippen molar-refractivity contribution in [1.29, 1.82) is 0 Å². The Morgan fingerprint density at radius 2 is 2.00 bits per heavy atom. The number of fused-ring (bicyclic) bond motifs is 1. The highest BCUT2D eigenvalue weighted by molar-refractivity contribution is 5.93. The van der Waals surface area contributed by atoms with Crippen LogP contribution in [0.5, 0.6) is 0 Å². The Balaban J connectivity index is 0.00000176. The van der Waals surface area contributed by atoms with E-state index < -0.39 is 0 Å². The predicted octanol–water partition coefficient (Wildman–Crippen LogP) is 1.65. The van der Waals surface area contributed by atoms with Crippen LogP contribution in [0.1, 0.15) is 15.9 Å². The summed E-state index contributed by atoms with van der Waals surface area (Å²) in [6.07, 6.45) is 3.85. The van der Waals surface area contributed by atoms with Crippen LogP contribution in [0.4, 0.5) is 0 Å². The quantitative estimate of drug-likeness (QED) is 0.683. The van der Waals surface area contributed by atoms with Crippen LogP contribution >= 0.6 is 12.4 Å². The van der Waals surface area contributed by atoms with Gasteiger partial charge in [-0.15, -0.1) is 12.4 Å². The Kier molecular flexibility index (Phi) is 4.95. The highest BCUT2D eigenvalue weighted by atomic mass is 35.5. The second-order valence-electron chi connectivity index (χ2n) is 4.71. The van der Waals surface area contributed by atoms with Crippen molar-refractivity contribution in [2.45, 2.75) is 6.42 Å². The number of halogens is 1. The number of aromatic nitrogens is 3. The van der Waals surface area contributed by atoms with E-state index in [0.29, 0.717) is 18.5 Å². The minimum atomic E-state index is -0.216. The van der Waals surface area contributed by atoms with Crippen LogP contribution in [-0.4, -0.2) is 27.4 Å². The molecule has 0 fully saturated rings. The molecule has 22 heavy (non-hydrogen) atoms. The van der Waals surface area contributed by atoms with Crippen LogP contribution in [-0.2, 0) is 6.42 Å². The van der Waals surface area contributed by atoms with Gasteiger partial charge < -0.3 is 15.3 Å². The molecule has 7 heteroatoms. The number of imidazole rings is 1. The van der Waals surface area contributed by atoms with Gasteiger partial charge in [0.05, 0.1) is 16.6 Å². The number of hydrogen-bond acceptors (Lipinski definition) is 3. The van der Waals surface area contributed by atoms with E-state index in [9.17, 15) is 9.59 Å². The van der Waals surface area contributed by atoms with Crippen LogP contribution in [0, 0.1) is 0 Å². The van der Waals surface area contributed by atoms with Crippen molar-refractivity contribution in [3.8, 4) is 0 Å². The van der Waals surface area contributed by atoms with Crippen molar-refractivity contribution in [2.75, 3.05) is 6.54 Å². The van der Waals surface area contributed by atoms with E-state index in [1.165, 1.54) is 6.20 Å². The van der Waals surface area contributed by atoms with Gasteiger partial charge in [0.15, 0.2) is 0 Å². The monoisotopic (exact) mass is 318 g/mol. The zero-order chi connectivity index (χ0) is 14.7. The second kappa shape index (κ2) is 6.91. The molecule has 0 saturated carbocycles. The minimum absolute atomic E-state index is 0. The molecule has 0 aliphatic heterocycles. The van der Waals surface area contributed by atoms with Gasteiger partial charge in [0.1, 0.15) is 0 Å². The normalized spacial score (nSPS) is 10.2. The molecule has 0 radical (unpaired) electrons. The molecule has 0 spiro atoms. The maximum atomic E-state index is 11.8. The summed E-state index contributed by atoms with van der Waals surface area (Å²) in [6, 6.07) is 9.14. The zero-order valence-electron chi connectivity index (χ0n) is 11.6. The molecule has 0 bridgehead atoms. The first-order valence-corrected chi connectivity index (χ1v) is 6.61. The van der Waals surface area contributed by atoms with Crippen LogP contribution in [0.2, 0.25) is 0 Å². The lowest BCUT2D eigenvalue weighted by Crippen LogP contribution is -2.25. The first-order chi connectivity index (χ1) is 10.2. The number of hydrogen-bond donors (Lipinski definition) is 3. The smallest absolute Gasteiger partial charge is 0.323 e. The van der Waals surface area contributed by atoms with Crippen molar-refractivity contribution in [3.63, 3.8) is 0 Å². The SMILES string of the molecule is Cl.O=C(NCCc1ccc2[nH]c(=O)[nH]c2c1)c1cccnc1. The first kappa shape index (κ1) is 15.8. The maximum absolute atomic E-state index is 11.8. The molecular formula is C15H15ClN4O2. The van der Waals surface area contributed by atoms with E-state index >= 15 is 0 Å². The average molecular weight is 319 g/mol. The number of carbonyl (C=O) groups is 1. The number of rotatable bonds is 4. The molecule has 2 heterocycles. The molecule has 2 aromatic heterocycles. The van der Waals surface area contributed by atoms with Crippen molar-refractivity contribution < 1.29 is 4.79 Å². The summed E-state index contributed by atoms with van der Waals surface area (Å²) in [5, 5.41) is 2.84. The van der Waals surface area contributed by atoms with Gasteiger partial charge in [-0.25, -0.2) is 4.79 Å².